The van der Waals surface area contributed by atoms with Gasteiger partial charge < -0.3 is 14.0 Å². The number of ether oxygens (including phenoxy) is 2. The van der Waals surface area contributed by atoms with Crippen molar-refractivity contribution in [1.29, 1.82) is 0 Å². The molecule has 1 saturated carbocycles. The van der Waals surface area contributed by atoms with Gasteiger partial charge in [-0.3, -0.25) is 4.57 Å². The van der Waals surface area contributed by atoms with Crippen LogP contribution in [-0.2, 0) is 9.47 Å². The Bertz CT molecular complexity index is 1120. The molecule has 28 heavy (non-hydrogen) atoms. The highest BCUT2D eigenvalue weighted by Gasteiger charge is 2.53. The van der Waals surface area contributed by atoms with Crippen LogP contribution < -0.4 is 0 Å². The van der Waals surface area contributed by atoms with E-state index in [1.807, 2.05) is 24.5 Å². The van der Waals surface area contributed by atoms with Crippen molar-refractivity contribution in [2.24, 2.45) is 0 Å². The Morgan fingerprint density at radius 1 is 1.18 bits per heavy atom. The van der Waals surface area contributed by atoms with Gasteiger partial charge >= 0.3 is 0 Å². The van der Waals surface area contributed by atoms with Crippen LogP contribution in [0, 0.1) is 0 Å². The minimum atomic E-state index is -0.727. The second kappa shape index (κ2) is 5.59. The van der Waals surface area contributed by atoms with E-state index in [1.165, 1.54) is 6.33 Å². The minimum Gasteiger partial charge on any atom is -0.343 e. The number of hydrogen-bond acceptors (Lipinski definition) is 8. The molecule has 9 nitrogen and oxygen atoms in total. The molecule has 0 unspecified atom stereocenters. The molecular weight excluding hydrogens is 384 g/mol. The molecule has 1 aliphatic heterocycles. The Hall–Kier alpha value is -2.36. The van der Waals surface area contributed by atoms with Crippen LogP contribution >= 0.6 is 11.6 Å². The van der Waals surface area contributed by atoms with E-state index < -0.39 is 5.79 Å². The van der Waals surface area contributed by atoms with Gasteiger partial charge in [0.15, 0.2) is 22.4 Å². The number of hydrogen-bond donors (Lipinski definition) is 0. The Labute approximate surface area is 164 Å². The molecule has 3 aromatic heterocycles. The van der Waals surface area contributed by atoms with Crippen molar-refractivity contribution in [3.63, 3.8) is 0 Å². The van der Waals surface area contributed by atoms with Crippen molar-refractivity contribution in [3.8, 4) is 0 Å². The first kappa shape index (κ1) is 16.6. The third kappa shape index (κ3) is 2.43. The Balaban J connectivity index is 1.46. The zero-order valence-electron chi connectivity index (χ0n) is 15.2. The lowest BCUT2D eigenvalue weighted by Crippen LogP contribution is -2.25. The number of rotatable bonds is 3. The number of halogens is 1. The van der Waals surface area contributed by atoms with Gasteiger partial charge in [-0.1, -0.05) is 16.8 Å². The van der Waals surface area contributed by atoms with Crippen LogP contribution in [0.15, 0.2) is 23.3 Å². The maximum Gasteiger partial charge on any atom is 0.236 e. The van der Waals surface area contributed by atoms with Crippen molar-refractivity contribution in [3.05, 3.63) is 35.6 Å². The second-order valence-corrected chi connectivity index (χ2v) is 8.21. The maximum absolute atomic E-state index is 6.20. The highest BCUT2D eigenvalue weighted by molar-refractivity contribution is 6.33. The lowest BCUT2D eigenvalue weighted by molar-refractivity contribution is -0.145. The van der Waals surface area contributed by atoms with E-state index in [9.17, 15) is 0 Å². The van der Waals surface area contributed by atoms with Gasteiger partial charge in [0.2, 0.25) is 5.89 Å². The topological polar surface area (TPSA) is 101 Å². The van der Waals surface area contributed by atoms with Gasteiger partial charge in [0, 0.05) is 5.92 Å². The number of fused-ring (bicyclic) bond motifs is 2. The molecule has 0 radical (unpaired) electrons. The van der Waals surface area contributed by atoms with Crippen molar-refractivity contribution >= 4 is 28.5 Å². The van der Waals surface area contributed by atoms with Crippen LogP contribution in [0.5, 0.6) is 0 Å². The summed E-state index contributed by atoms with van der Waals surface area (Å²) in [5.41, 5.74) is 2.02. The monoisotopic (exact) mass is 400 g/mol. The predicted octanol–water partition coefficient (Wildman–Crippen LogP) is 2.90. The van der Waals surface area contributed by atoms with Crippen LogP contribution in [0.1, 0.15) is 50.2 Å². The molecule has 2 fully saturated rings. The Morgan fingerprint density at radius 2 is 2.04 bits per heavy atom. The molecule has 3 atom stereocenters. The summed E-state index contributed by atoms with van der Waals surface area (Å²) in [6.07, 6.45) is 6.77. The molecule has 3 aliphatic rings. The summed E-state index contributed by atoms with van der Waals surface area (Å²) in [5, 5.41) is 4.46. The fourth-order valence-corrected chi connectivity index (χ4v) is 4.15. The van der Waals surface area contributed by atoms with Crippen molar-refractivity contribution in [2.45, 2.75) is 56.5 Å². The second-order valence-electron chi connectivity index (χ2n) is 7.85. The van der Waals surface area contributed by atoms with Gasteiger partial charge in [-0.15, -0.1) is 0 Å². The summed E-state index contributed by atoms with van der Waals surface area (Å²) in [6, 6.07) is 0. The number of nitrogens with zero attached hydrogens (tertiary/aromatic N) is 6. The van der Waals surface area contributed by atoms with Crippen LogP contribution in [0.3, 0.4) is 0 Å². The number of aromatic nitrogens is 6. The molecule has 3 aromatic rings. The van der Waals surface area contributed by atoms with E-state index in [-0.39, 0.29) is 18.1 Å². The van der Waals surface area contributed by atoms with Crippen molar-refractivity contribution in [1.82, 2.24) is 29.7 Å². The first-order valence-corrected chi connectivity index (χ1v) is 9.63. The fourth-order valence-electron chi connectivity index (χ4n) is 3.97. The smallest absolute Gasteiger partial charge is 0.236 e. The lowest BCUT2D eigenvalue weighted by atomic mass is 10.1. The summed E-state index contributed by atoms with van der Waals surface area (Å²) in [6.45, 7) is 3.79. The molecule has 144 valence electrons. The fraction of sp³-hybridized carbons (Fsp3) is 0.500. The van der Waals surface area contributed by atoms with Gasteiger partial charge in [0.1, 0.15) is 30.4 Å². The molecule has 0 amide bonds. The molecule has 4 heterocycles. The van der Waals surface area contributed by atoms with E-state index in [1.54, 1.807) is 6.33 Å². The summed E-state index contributed by atoms with van der Waals surface area (Å²) in [7, 11) is 0. The highest BCUT2D eigenvalue weighted by atomic mass is 35.5. The van der Waals surface area contributed by atoms with E-state index in [0.717, 1.165) is 24.4 Å². The van der Waals surface area contributed by atoms with Gasteiger partial charge in [0.05, 0.1) is 11.6 Å². The van der Waals surface area contributed by atoms with Crippen molar-refractivity contribution < 1.29 is 14.0 Å². The van der Waals surface area contributed by atoms with E-state index >= 15 is 0 Å². The third-order valence-corrected chi connectivity index (χ3v) is 5.65. The van der Waals surface area contributed by atoms with Crippen molar-refractivity contribution in [2.75, 3.05) is 0 Å². The lowest BCUT2D eigenvalue weighted by Gasteiger charge is -2.19. The Morgan fingerprint density at radius 3 is 2.86 bits per heavy atom. The zero-order chi connectivity index (χ0) is 19.0. The molecule has 0 N–H and O–H groups in total. The number of imidazole rings is 1. The van der Waals surface area contributed by atoms with Gasteiger partial charge in [0.25, 0.3) is 0 Å². The minimum absolute atomic E-state index is 0.212. The Kier molecular flexibility index (Phi) is 3.31. The van der Waals surface area contributed by atoms with Gasteiger partial charge in [-0.05, 0) is 32.8 Å². The van der Waals surface area contributed by atoms with Crippen LogP contribution in [0.4, 0.5) is 0 Å². The zero-order valence-corrected chi connectivity index (χ0v) is 16.0. The molecule has 0 aromatic carbocycles. The predicted molar refractivity (Wildman–Crippen MR) is 97.4 cm³/mol. The van der Waals surface area contributed by atoms with Gasteiger partial charge in [-0.25, -0.2) is 15.0 Å². The third-order valence-electron chi connectivity index (χ3n) is 5.38. The quantitative estimate of drug-likeness (QED) is 0.618. The van der Waals surface area contributed by atoms with Crippen LogP contribution in [0.25, 0.3) is 16.9 Å². The molecule has 0 bridgehead atoms. The molecule has 2 aliphatic carbocycles. The van der Waals surface area contributed by atoms with Crippen LogP contribution in [-0.4, -0.2) is 47.7 Å². The SMILES string of the molecule is CC1(C)O[C@@H]2[C@@H](c3nc(C4CC4)no3)C=C(n3cnc4c(Cl)ncnc43)[C@@H]2O1. The molecule has 0 spiro atoms. The summed E-state index contributed by atoms with van der Waals surface area (Å²) in [4.78, 5) is 17.3. The van der Waals surface area contributed by atoms with Crippen LogP contribution in [0.2, 0.25) is 5.15 Å². The van der Waals surface area contributed by atoms with Gasteiger partial charge in [-0.2, -0.15) is 4.98 Å². The average molecular weight is 401 g/mol. The summed E-state index contributed by atoms with van der Waals surface area (Å²) < 4.78 is 19.8. The molecule has 6 rings (SSSR count). The molecular formula is C18H17ClN6O3. The normalized spacial score (nSPS) is 28.7. The van der Waals surface area contributed by atoms with E-state index in [0.29, 0.717) is 28.1 Å². The molecule has 10 heteroatoms. The standard InChI is InChI=1S/C18H17ClN6O3/c1-18(2)26-12-9(17-23-15(24-28-17)8-3-4-8)5-10(13(12)27-18)25-7-22-11-14(19)20-6-21-16(11)25/h5-9,12-13H,3-4H2,1-2H3/t9-,12+,13-/m0/s1. The summed E-state index contributed by atoms with van der Waals surface area (Å²) in [5.74, 6) is 0.808. The maximum atomic E-state index is 6.20. The average Bonchev–Trinajstić information content (AvgIpc) is 3.00. The first-order valence-electron chi connectivity index (χ1n) is 9.25. The van der Waals surface area contributed by atoms with E-state index in [4.69, 9.17) is 25.6 Å². The first-order chi connectivity index (χ1) is 13.5. The molecule has 1 saturated heterocycles. The highest BCUT2D eigenvalue weighted by Crippen LogP contribution is 2.47. The largest absolute Gasteiger partial charge is 0.343 e. The van der Waals surface area contributed by atoms with E-state index in [2.05, 4.69) is 25.1 Å². The summed E-state index contributed by atoms with van der Waals surface area (Å²) >= 11 is 6.16.